The van der Waals surface area contributed by atoms with E-state index in [-0.39, 0.29) is 5.41 Å². The molecule has 19 heavy (non-hydrogen) atoms. The number of nitrogens with zero attached hydrogens (tertiary/aromatic N) is 1. The van der Waals surface area contributed by atoms with Crippen molar-refractivity contribution in [1.29, 1.82) is 5.26 Å². The molecule has 3 nitrogen and oxygen atoms in total. The van der Waals surface area contributed by atoms with E-state index in [1.54, 1.807) is 7.11 Å². The van der Waals surface area contributed by atoms with Crippen LogP contribution in [0.5, 0.6) is 5.75 Å². The number of hydrogen-bond acceptors (Lipinski definition) is 3. The Morgan fingerprint density at radius 3 is 2.58 bits per heavy atom. The summed E-state index contributed by atoms with van der Waals surface area (Å²) in [6.07, 6.45) is 3.03. The molecule has 0 bridgehead atoms. The van der Waals surface area contributed by atoms with Crippen molar-refractivity contribution in [3.8, 4) is 11.8 Å². The fraction of sp³-hybridized carbons (Fsp3) is 0.562. The molecule has 0 spiro atoms. The summed E-state index contributed by atoms with van der Waals surface area (Å²) in [5, 5.41) is 12.4. The predicted octanol–water partition coefficient (Wildman–Crippen LogP) is 2.75. The second-order valence-electron chi connectivity index (χ2n) is 5.57. The molecular formula is C16H22N2O. The number of methoxy groups -OCH3 is 1. The maximum Gasteiger partial charge on any atom is 0.122 e. The molecule has 0 atom stereocenters. The number of ether oxygens (including phenoxy) is 1. The topological polar surface area (TPSA) is 45.0 Å². The van der Waals surface area contributed by atoms with E-state index >= 15 is 0 Å². The molecular weight excluding hydrogens is 236 g/mol. The van der Waals surface area contributed by atoms with Crippen molar-refractivity contribution in [3.63, 3.8) is 0 Å². The van der Waals surface area contributed by atoms with Gasteiger partial charge in [0, 0.05) is 6.54 Å². The number of aryl methyl sites for hydroxylation is 2. The molecule has 1 fully saturated rings. The normalized spacial score (nSPS) is 15.9. The maximum atomic E-state index is 9.01. The first-order chi connectivity index (χ1) is 9.10. The molecule has 0 heterocycles. The highest BCUT2D eigenvalue weighted by molar-refractivity contribution is 5.41. The highest BCUT2D eigenvalue weighted by Gasteiger charge is 2.42. The highest BCUT2D eigenvalue weighted by Crippen LogP contribution is 2.43. The lowest BCUT2D eigenvalue weighted by molar-refractivity contribution is 0.408. The minimum absolute atomic E-state index is 0.0622. The largest absolute Gasteiger partial charge is 0.496 e. The van der Waals surface area contributed by atoms with Crippen LogP contribution < -0.4 is 10.1 Å². The van der Waals surface area contributed by atoms with E-state index in [9.17, 15) is 0 Å². The van der Waals surface area contributed by atoms with E-state index in [4.69, 9.17) is 10.00 Å². The van der Waals surface area contributed by atoms with Crippen LogP contribution in [0.25, 0.3) is 0 Å². The Morgan fingerprint density at radius 2 is 2.00 bits per heavy atom. The van der Waals surface area contributed by atoms with Crippen LogP contribution in [0.1, 0.15) is 29.5 Å². The van der Waals surface area contributed by atoms with Crippen LogP contribution in [0, 0.1) is 30.6 Å². The molecule has 1 aromatic carbocycles. The average Bonchev–Trinajstić information content (AvgIpc) is 3.19. The number of nitrogens with one attached hydrogen (secondary N) is 1. The van der Waals surface area contributed by atoms with Crippen LogP contribution in [0.3, 0.4) is 0 Å². The Morgan fingerprint density at radius 1 is 1.32 bits per heavy atom. The molecule has 1 N–H and O–H groups in total. The minimum Gasteiger partial charge on any atom is -0.496 e. The van der Waals surface area contributed by atoms with Gasteiger partial charge in [-0.05, 0) is 62.4 Å². The molecule has 0 amide bonds. The summed E-state index contributed by atoms with van der Waals surface area (Å²) in [5.41, 5.74) is 3.73. The smallest absolute Gasteiger partial charge is 0.122 e. The van der Waals surface area contributed by atoms with Crippen molar-refractivity contribution >= 4 is 0 Å². The number of benzene rings is 1. The van der Waals surface area contributed by atoms with Gasteiger partial charge in [0.1, 0.15) is 5.75 Å². The Bertz CT molecular complexity index is 498. The lowest BCUT2D eigenvalue weighted by Gasteiger charge is -2.13. The monoisotopic (exact) mass is 258 g/mol. The molecule has 0 saturated heterocycles. The van der Waals surface area contributed by atoms with Crippen molar-refractivity contribution in [2.24, 2.45) is 5.41 Å². The van der Waals surface area contributed by atoms with Gasteiger partial charge in [0.15, 0.2) is 0 Å². The van der Waals surface area contributed by atoms with Crippen LogP contribution in [-0.2, 0) is 6.42 Å². The summed E-state index contributed by atoms with van der Waals surface area (Å²) in [4.78, 5) is 0. The first-order valence-corrected chi connectivity index (χ1v) is 6.86. The first-order valence-electron chi connectivity index (χ1n) is 6.86. The molecule has 0 aromatic heterocycles. The van der Waals surface area contributed by atoms with Crippen molar-refractivity contribution in [2.45, 2.75) is 33.1 Å². The summed E-state index contributed by atoms with van der Waals surface area (Å²) in [6.45, 7) is 5.93. The van der Waals surface area contributed by atoms with Gasteiger partial charge in [0.2, 0.25) is 0 Å². The Balaban J connectivity index is 1.89. The van der Waals surface area contributed by atoms with Gasteiger partial charge in [-0.1, -0.05) is 6.07 Å². The third-order valence-electron chi connectivity index (χ3n) is 4.02. The quantitative estimate of drug-likeness (QED) is 0.798. The first kappa shape index (κ1) is 13.9. The zero-order valence-corrected chi connectivity index (χ0v) is 12.0. The predicted molar refractivity (Wildman–Crippen MR) is 76.3 cm³/mol. The number of nitriles is 1. The summed E-state index contributed by atoms with van der Waals surface area (Å²) in [7, 11) is 1.72. The molecule has 0 radical (unpaired) electrons. The Hall–Kier alpha value is -1.53. The van der Waals surface area contributed by atoms with Gasteiger partial charge in [-0.15, -0.1) is 0 Å². The minimum atomic E-state index is -0.0622. The van der Waals surface area contributed by atoms with Crippen LogP contribution in [0.4, 0.5) is 0 Å². The lowest BCUT2D eigenvalue weighted by atomic mass is 10.0. The van der Waals surface area contributed by atoms with Crippen molar-refractivity contribution in [1.82, 2.24) is 5.32 Å². The highest BCUT2D eigenvalue weighted by atomic mass is 16.5. The van der Waals surface area contributed by atoms with E-state index in [0.29, 0.717) is 0 Å². The van der Waals surface area contributed by atoms with E-state index in [2.05, 4.69) is 37.4 Å². The second-order valence-corrected chi connectivity index (χ2v) is 5.57. The van der Waals surface area contributed by atoms with Gasteiger partial charge < -0.3 is 10.1 Å². The van der Waals surface area contributed by atoms with E-state index < -0.39 is 0 Å². The summed E-state index contributed by atoms with van der Waals surface area (Å²) in [6, 6.07) is 6.70. The SMILES string of the molecule is COc1cc(C)c(C)cc1CCNCC1(C#N)CC1. The van der Waals surface area contributed by atoms with Gasteiger partial charge in [-0.25, -0.2) is 0 Å². The Kier molecular flexibility index (Phi) is 4.11. The summed E-state index contributed by atoms with van der Waals surface area (Å²) in [5.74, 6) is 0.964. The van der Waals surface area contributed by atoms with Gasteiger partial charge in [-0.3, -0.25) is 0 Å². The zero-order chi connectivity index (χ0) is 13.9. The summed E-state index contributed by atoms with van der Waals surface area (Å²) < 4.78 is 5.43. The molecule has 2 rings (SSSR count). The van der Waals surface area contributed by atoms with Gasteiger partial charge in [-0.2, -0.15) is 5.26 Å². The van der Waals surface area contributed by atoms with Gasteiger partial charge in [0.05, 0.1) is 18.6 Å². The van der Waals surface area contributed by atoms with Crippen LogP contribution >= 0.6 is 0 Å². The standard InChI is InChI=1S/C16H22N2O/c1-12-8-14(15(19-3)9-13(12)2)4-7-18-11-16(10-17)5-6-16/h8-9,18H,4-7,11H2,1-3H3. The molecule has 1 aliphatic carbocycles. The number of rotatable bonds is 6. The fourth-order valence-electron chi connectivity index (χ4n) is 2.26. The third-order valence-corrected chi connectivity index (χ3v) is 4.02. The molecule has 102 valence electrons. The molecule has 1 aromatic rings. The van der Waals surface area contributed by atoms with Gasteiger partial charge >= 0.3 is 0 Å². The third kappa shape index (κ3) is 3.27. The van der Waals surface area contributed by atoms with Crippen molar-refractivity contribution < 1.29 is 4.74 Å². The van der Waals surface area contributed by atoms with E-state index in [0.717, 1.165) is 38.1 Å². The molecule has 0 unspecified atom stereocenters. The number of hydrogen-bond donors (Lipinski definition) is 1. The van der Waals surface area contributed by atoms with Crippen molar-refractivity contribution in [2.75, 3.05) is 20.2 Å². The second kappa shape index (κ2) is 5.63. The van der Waals surface area contributed by atoms with E-state index in [1.165, 1.54) is 16.7 Å². The Labute approximate surface area is 115 Å². The molecule has 1 aliphatic rings. The summed E-state index contributed by atoms with van der Waals surface area (Å²) >= 11 is 0. The lowest BCUT2D eigenvalue weighted by Crippen LogP contribution is -2.25. The fourth-order valence-corrected chi connectivity index (χ4v) is 2.26. The molecule has 3 heteroatoms. The maximum absolute atomic E-state index is 9.01. The molecule has 1 saturated carbocycles. The zero-order valence-electron chi connectivity index (χ0n) is 12.0. The van der Waals surface area contributed by atoms with Crippen LogP contribution in [0.2, 0.25) is 0 Å². The average molecular weight is 258 g/mol. The van der Waals surface area contributed by atoms with Gasteiger partial charge in [0.25, 0.3) is 0 Å². The van der Waals surface area contributed by atoms with Crippen LogP contribution in [0.15, 0.2) is 12.1 Å². The van der Waals surface area contributed by atoms with Crippen LogP contribution in [-0.4, -0.2) is 20.2 Å². The van der Waals surface area contributed by atoms with Crippen molar-refractivity contribution in [3.05, 3.63) is 28.8 Å². The molecule has 0 aliphatic heterocycles. The van der Waals surface area contributed by atoms with E-state index in [1.807, 2.05) is 0 Å².